The van der Waals surface area contributed by atoms with Gasteiger partial charge in [0.2, 0.25) is 0 Å². The number of Topliss-reactive ketones (excluding diaryl/α,β-unsaturated/α-hetero) is 4. The highest BCUT2D eigenvalue weighted by molar-refractivity contribution is 6.39. The fourth-order valence-corrected chi connectivity index (χ4v) is 10.1. The molecule has 1 heterocycles. The molecular formula is C59H102N2O12. The van der Waals surface area contributed by atoms with Crippen LogP contribution in [0.1, 0.15) is 179 Å². The molecule has 0 aromatic carbocycles. The number of aliphatic hydroxyl groups excluding tert-OH is 2. The van der Waals surface area contributed by atoms with Crippen LogP contribution in [0.4, 0.5) is 0 Å². The lowest BCUT2D eigenvalue weighted by Gasteiger charge is -2.40. The highest BCUT2D eigenvalue weighted by Crippen LogP contribution is 2.38. The van der Waals surface area contributed by atoms with E-state index in [4.69, 9.17) is 25.1 Å². The second-order valence-electron chi connectivity index (χ2n) is 20.8. The van der Waals surface area contributed by atoms with Gasteiger partial charge in [-0.3, -0.25) is 28.8 Å². The van der Waals surface area contributed by atoms with Gasteiger partial charge in [-0.2, -0.15) is 0 Å². The van der Waals surface area contributed by atoms with Crippen LogP contribution in [-0.4, -0.2) is 126 Å². The number of ether oxygens (including phenoxy) is 3. The van der Waals surface area contributed by atoms with Gasteiger partial charge in [0, 0.05) is 52.6 Å². The summed E-state index contributed by atoms with van der Waals surface area (Å²) in [6, 6.07) is -0.598. The highest BCUT2D eigenvalue weighted by atomic mass is 16.6. The zero-order valence-corrected chi connectivity index (χ0v) is 48.0. The largest absolute Gasteiger partial charge is 0.459 e. The number of hydrogen-bond donors (Lipinski definition) is 4. The van der Waals surface area contributed by atoms with Crippen LogP contribution in [0.5, 0.6) is 0 Å². The predicted molar refractivity (Wildman–Crippen MR) is 291 cm³/mol. The molecule has 2 saturated carbocycles. The molecule has 0 aromatic heterocycles. The summed E-state index contributed by atoms with van der Waals surface area (Å²) in [6.07, 6.45) is 21.0. The Kier molecular flexibility index (Phi) is 35.3. The van der Waals surface area contributed by atoms with Crippen molar-refractivity contribution in [2.24, 2.45) is 47.2 Å². The fraction of sp³-hybridized carbons (Fsp3) is 0.763. The average molecular weight is 1030 g/mol. The molecule has 3 fully saturated rings. The minimum absolute atomic E-state index is 0.0235. The Morgan fingerprint density at radius 1 is 0.836 bits per heavy atom. The first kappa shape index (κ1) is 69.3. The van der Waals surface area contributed by atoms with Crippen molar-refractivity contribution in [1.82, 2.24) is 4.90 Å². The third kappa shape index (κ3) is 23.8. The van der Waals surface area contributed by atoms with Crippen molar-refractivity contribution in [3.05, 3.63) is 47.6 Å². The zero-order chi connectivity index (χ0) is 56.0. The maximum Gasteiger partial charge on any atom is 0.320 e. The number of aliphatic hydroxyl groups is 3. The Morgan fingerprint density at radius 2 is 1.48 bits per heavy atom. The lowest BCUT2D eigenvalue weighted by Crippen LogP contribution is -2.58. The third-order valence-electron chi connectivity index (χ3n) is 15.4. The third-order valence-corrected chi connectivity index (χ3v) is 15.4. The molecule has 1 aliphatic heterocycles. The zero-order valence-electron chi connectivity index (χ0n) is 48.0. The number of methoxy groups -OCH3 is 2. The summed E-state index contributed by atoms with van der Waals surface area (Å²) in [5, 5.41) is 28.4. The second-order valence-corrected chi connectivity index (χ2v) is 20.8. The average Bonchev–Trinajstić information content (AvgIpc) is 3.39. The van der Waals surface area contributed by atoms with E-state index in [-0.39, 0.29) is 84.1 Å². The Bertz CT molecular complexity index is 1790. The molecule has 9 unspecified atom stereocenters. The summed E-state index contributed by atoms with van der Waals surface area (Å²) in [6.45, 7) is 23.5. The lowest BCUT2D eigenvalue weighted by atomic mass is 9.73. The number of nitrogens with two attached hydrogens (primary N) is 1. The summed E-state index contributed by atoms with van der Waals surface area (Å²) < 4.78 is 16.4. The molecule has 0 bridgehead atoms. The Labute approximate surface area is 441 Å². The molecule has 420 valence electrons. The van der Waals surface area contributed by atoms with E-state index in [0.29, 0.717) is 37.3 Å². The maximum atomic E-state index is 13.6. The first-order chi connectivity index (χ1) is 34.5. The van der Waals surface area contributed by atoms with Gasteiger partial charge >= 0.3 is 5.97 Å². The minimum Gasteiger partial charge on any atom is -0.459 e. The number of nitrogens with zero attached hydrogens (tertiary/aromatic N) is 1. The van der Waals surface area contributed by atoms with E-state index in [0.717, 1.165) is 83.3 Å². The van der Waals surface area contributed by atoms with Crippen LogP contribution < -0.4 is 5.73 Å². The van der Waals surface area contributed by atoms with Crippen LogP contribution in [0.15, 0.2) is 47.6 Å². The van der Waals surface area contributed by atoms with Gasteiger partial charge in [0.05, 0.1) is 30.9 Å². The summed E-state index contributed by atoms with van der Waals surface area (Å²) in [7, 11) is 4.34. The van der Waals surface area contributed by atoms with Crippen molar-refractivity contribution in [3.8, 4) is 0 Å². The van der Waals surface area contributed by atoms with Crippen molar-refractivity contribution in [3.63, 3.8) is 0 Å². The van der Waals surface area contributed by atoms with Gasteiger partial charge in [0.25, 0.3) is 11.7 Å². The van der Waals surface area contributed by atoms with Crippen LogP contribution in [0.25, 0.3) is 0 Å². The minimum atomic E-state index is -1.62. The molecule has 1 amide bonds. The number of carbonyl (C=O) groups is 6. The summed E-state index contributed by atoms with van der Waals surface area (Å²) in [5.74, 6) is -1.24. The normalized spacial score (nSPS) is 25.5. The SMILES string of the molecule is CC.CCC(CC(=O)C1CCCCN1C(=O)C(=O)C1(O)CCCCC1C)C(C)CC1CCC(OC(=O)CN)[C@H](OC)C1.CO.CO[C@@H](C)/C(C)=C/C=C/C=C/[C@@H](C)CC(C)C(=O)CC(O)/C(C)=C/[C@@H](C)C(C)=O. The van der Waals surface area contributed by atoms with E-state index in [9.17, 15) is 39.0 Å². The van der Waals surface area contributed by atoms with Crippen LogP contribution >= 0.6 is 0 Å². The van der Waals surface area contributed by atoms with E-state index in [2.05, 4.69) is 26.8 Å². The molecule has 5 N–H and O–H groups in total. The maximum absolute atomic E-state index is 13.6. The molecule has 73 heavy (non-hydrogen) atoms. The Hall–Kier alpha value is -3.66. The number of esters is 1. The van der Waals surface area contributed by atoms with Gasteiger partial charge in [0.1, 0.15) is 23.3 Å². The summed E-state index contributed by atoms with van der Waals surface area (Å²) >= 11 is 0. The molecule has 14 heteroatoms. The van der Waals surface area contributed by atoms with Crippen molar-refractivity contribution in [2.45, 2.75) is 215 Å². The fourth-order valence-electron chi connectivity index (χ4n) is 10.1. The first-order valence-corrected chi connectivity index (χ1v) is 27.5. The molecule has 13 atom stereocenters. The van der Waals surface area contributed by atoms with Crippen LogP contribution in [0.3, 0.4) is 0 Å². The number of ketones is 4. The van der Waals surface area contributed by atoms with Crippen LogP contribution in [0, 0.1) is 41.4 Å². The number of amides is 1. The predicted octanol–water partition coefficient (Wildman–Crippen LogP) is 9.44. The number of rotatable bonds is 25. The molecule has 1 saturated heterocycles. The number of likely N-dealkylation sites (tertiary alicyclic amines) is 1. The molecule has 0 aromatic rings. The Morgan fingerprint density at radius 3 is 2.05 bits per heavy atom. The van der Waals surface area contributed by atoms with Gasteiger partial charge < -0.3 is 40.2 Å². The quantitative estimate of drug-likeness (QED) is 0.0290. The molecule has 14 nitrogen and oxygen atoms in total. The standard InChI is InChI=1S/C31H52N2O7.C25H40O4.C2H6.CH4O/c1-5-23(20(2)16-22-12-13-26(27(17-22)39-4)40-28(35)19-32)18-25(34)24-11-7-9-15-33(24)30(37)29(36)31(38)14-8-6-10-21(31)3;1-17(12-10-9-11-13-18(2)23(7)29-8)14-20(4)24(27)16-25(28)21(5)15-19(3)22(6)26;2*1-2/h20-24,26-27,38H,5-19,32H2,1-4H3;9-13,15,17,19-20,23,25,28H,14,16H2,1-8H3;1-2H3;2H,1H3/b;11-9+,12-10+,18-13+,21-15+;;/t20?,21?,22?,23?,24?,26?,27-,31?;17-,19-,20?,23+,25?;;/m11../s1. The number of piperidine rings is 1. The summed E-state index contributed by atoms with van der Waals surface area (Å²) in [5.41, 5.74) is 5.62. The first-order valence-electron chi connectivity index (χ1n) is 27.5. The summed E-state index contributed by atoms with van der Waals surface area (Å²) in [4.78, 5) is 77.3. The van der Waals surface area contributed by atoms with Gasteiger partial charge in [-0.1, -0.05) is 111 Å². The number of carbonyl (C=O) groups excluding carboxylic acids is 6. The number of allylic oxidation sites excluding steroid dienone is 6. The molecule has 2 aliphatic carbocycles. The molecule has 3 rings (SSSR count). The molecule has 0 radical (unpaired) electrons. The van der Waals surface area contributed by atoms with E-state index in [1.165, 1.54) is 11.8 Å². The molecule has 0 spiro atoms. The van der Waals surface area contributed by atoms with Gasteiger partial charge in [0.15, 0.2) is 5.78 Å². The molecular weight excluding hydrogens is 929 g/mol. The Balaban J connectivity index is 0.00000139. The van der Waals surface area contributed by atoms with E-state index >= 15 is 0 Å². The monoisotopic (exact) mass is 1030 g/mol. The second kappa shape index (κ2) is 37.1. The van der Waals surface area contributed by atoms with Crippen LogP contribution in [-0.2, 0) is 43.0 Å². The topological polar surface area (TPSA) is 220 Å². The molecule has 3 aliphatic rings. The van der Waals surface area contributed by atoms with Crippen LogP contribution in [0.2, 0.25) is 0 Å². The van der Waals surface area contributed by atoms with Crippen molar-refractivity contribution < 1.29 is 58.3 Å². The van der Waals surface area contributed by atoms with E-state index in [1.54, 1.807) is 34.1 Å². The van der Waals surface area contributed by atoms with Crippen molar-refractivity contribution in [2.75, 3.05) is 34.4 Å². The van der Waals surface area contributed by atoms with Crippen molar-refractivity contribution >= 4 is 35.0 Å². The van der Waals surface area contributed by atoms with Gasteiger partial charge in [-0.05, 0) is 133 Å². The van der Waals surface area contributed by atoms with Crippen molar-refractivity contribution in [1.29, 1.82) is 0 Å². The number of hydrogen-bond acceptors (Lipinski definition) is 13. The van der Waals surface area contributed by atoms with Gasteiger partial charge in [-0.25, -0.2) is 0 Å². The van der Waals surface area contributed by atoms with Gasteiger partial charge in [-0.15, -0.1) is 0 Å². The van der Waals surface area contributed by atoms with E-state index in [1.807, 2.05) is 65.8 Å². The highest BCUT2D eigenvalue weighted by Gasteiger charge is 2.49. The smallest absolute Gasteiger partial charge is 0.320 e. The lowest BCUT2D eigenvalue weighted by molar-refractivity contribution is -0.163. The van der Waals surface area contributed by atoms with E-state index < -0.39 is 35.4 Å².